The van der Waals surface area contributed by atoms with Crippen molar-refractivity contribution in [3.63, 3.8) is 0 Å². The molecule has 0 aliphatic rings. The van der Waals surface area contributed by atoms with E-state index in [1.165, 1.54) is 11.8 Å². The Balaban J connectivity index is 1.77. The van der Waals surface area contributed by atoms with E-state index in [2.05, 4.69) is 5.32 Å². The molecule has 27 heavy (non-hydrogen) atoms. The van der Waals surface area contributed by atoms with Gasteiger partial charge in [0.2, 0.25) is 0 Å². The summed E-state index contributed by atoms with van der Waals surface area (Å²) in [6.45, 7) is -0.631. The number of hydrogen-bond donors (Lipinski definition) is 1. The molecule has 2 aromatic carbocycles. The van der Waals surface area contributed by atoms with Gasteiger partial charge in [0.1, 0.15) is 5.82 Å². The van der Waals surface area contributed by atoms with Crippen LogP contribution in [-0.4, -0.2) is 29.2 Å². The summed E-state index contributed by atoms with van der Waals surface area (Å²) in [7, 11) is 0. The van der Waals surface area contributed by atoms with Gasteiger partial charge in [0.05, 0.1) is 16.4 Å². The van der Waals surface area contributed by atoms with E-state index in [1.807, 2.05) is 12.1 Å². The van der Waals surface area contributed by atoms with Crippen LogP contribution in [0.4, 0.5) is 15.8 Å². The van der Waals surface area contributed by atoms with Crippen molar-refractivity contribution in [2.75, 3.05) is 17.7 Å². The number of nitro benzene ring substituents is 1. The zero-order chi connectivity index (χ0) is 19.8. The quantitative estimate of drug-likeness (QED) is 0.402. The highest BCUT2D eigenvalue weighted by atomic mass is 35.5. The van der Waals surface area contributed by atoms with Gasteiger partial charge in [-0.25, -0.2) is 4.39 Å². The van der Waals surface area contributed by atoms with Gasteiger partial charge in [0, 0.05) is 22.9 Å². The molecular formula is C17H14ClFN2O5S. The first kappa shape index (κ1) is 20.7. The second-order valence-corrected chi connectivity index (χ2v) is 6.61. The minimum Gasteiger partial charge on any atom is -0.455 e. The van der Waals surface area contributed by atoms with Gasteiger partial charge in [-0.1, -0.05) is 29.8 Å². The maximum Gasteiger partial charge on any atom is 0.316 e. The number of thioether (sulfide) groups is 1. The molecule has 0 saturated heterocycles. The summed E-state index contributed by atoms with van der Waals surface area (Å²) in [5.41, 5.74) is 0.133. The zero-order valence-electron chi connectivity index (χ0n) is 13.8. The first-order chi connectivity index (χ1) is 12.9. The molecule has 0 saturated carbocycles. The molecule has 0 unspecified atom stereocenters. The standard InChI is InChI=1S/C17H14ClFN2O5S/c18-13-4-2-1-3-11(13)9-27-10-17(23)26-8-16(22)20-15-7-12(21(24)25)5-6-14(15)19/h1-7H,8-10H2,(H,20,22). The highest BCUT2D eigenvalue weighted by Crippen LogP contribution is 2.22. The van der Waals surface area contributed by atoms with Crippen molar-refractivity contribution in [3.05, 3.63) is 69.0 Å². The Morgan fingerprint density at radius 1 is 1.26 bits per heavy atom. The molecule has 1 amide bonds. The summed E-state index contributed by atoms with van der Waals surface area (Å²) in [5, 5.41) is 13.4. The first-order valence-electron chi connectivity index (χ1n) is 7.57. The van der Waals surface area contributed by atoms with Gasteiger partial charge in [0.15, 0.2) is 6.61 Å². The maximum atomic E-state index is 13.6. The molecule has 0 bridgehead atoms. The van der Waals surface area contributed by atoms with E-state index in [9.17, 15) is 24.1 Å². The summed E-state index contributed by atoms with van der Waals surface area (Å²) in [6.07, 6.45) is 0. The number of nitrogens with one attached hydrogen (secondary N) is 1. The lowest BCUT2D eigenvalue weighted by molar-refractivity contribution is -0.384. The average molecular weight is 413 g/mol. The van der Waals surface area contributed by atoms with E-state index in [-0.39, 0.29) is 17.1 Å². The molecule has 1 N–H and O–H groups in total. The second-order valence-electron chi connectivity index (χ2n) is 5.21. The second kappa shape index (κ2) is 9.89. The summed E-state index contributed by atoms with van der Waals surface area (Å²) < 4.78 is 18.4. The van der Waals surface area contributed by atoms with Gasteiger partial charge in [-0.3, -0.25) is 19.7 Å². The average Bonchev–Trinajstić information content (AvgIpc) is 2.63. The van der Waals surface area contributed by atoms with Crippen LogP contribution < -0.4 is 5.32 Å². The van der Waals surface area contributed by atoms with Crippen molar-refractivity contribution in [1.29, 1.82) is 0 Å². The molecule has 0 radical (unpaired) electrons. The molecule has 142 valence electrons. The van der Waals surface area contributed by atoms with E-state index in [0.717, 1.165) is 23.8 Å². The van der Waals surface area contributed by atoms with E-state index in [4.69, 9.17) is 16.3 Å². The fraction of sp³-hybridized carbons (Fsp3) is 0.176. The van der Waals surface area contributed by atoms with Gasteiger partial charge < -0.3 is 10.1 Å². The number of non-ortho nitro benzene ring substituents is 1. The van der Waals surface area contributed by atoms with E-state index >= 15 is 0 Å². The molecule has 0 atom stereocenters. The Labute approximate surface area is 163 Å². The van der Waals surface area contributed by atoms with Crippen molar-refractivity contribution in [2.24, 2.45) is 0 Å². The van der Waals surface area contributed by atoms with E-state index in [0.29, 0.717) is 10.8 Å². The molecule has 2 aromatic rings. The fourth-order valence-electron chi connectivity index (χ4n) is 1.96. The number of rotatable bonds is 8. The van der Waals surface area contributed by atoms with Crippen molar-refractivity contribution in [2.45, 2.75) is 5.75 Å². The van der Waals surface area contributed by atoms with Crippen molar-refractivity contribution < 1.29 is 23.6 Å². The lowest BCUT2D eigenvalue weighted by atomic mass is 10.2. The van der Waals surface area contributed by atoms with E-state index < -0.39 is 29.2 Å². The van der Waals surface area contributed by atoms with Gasteiger partial charge in [0.25, 0.3) is 11.6 Å². The van der Waals surface area contributed by atoms with Crippen molar-refractivity contribution >= 4 is 46.6 Å². The van der Waals surface area contributed by atoms with Crippen molar-refractivity contribution in [1.82, 2.24) is 0 Å². The monoisotopic (exact) mass is 412 g/mol. The lowest BCUT2D eigenvalue weighted by Gasteiger charge is -2.08. The number of anilines is 1. The number of amides is 1. The Bertz CT molecular complexity index is 865. The Morgan fingerprint density at radius 2 is 2.00 bits per heavy atom. The maximum absolute atomic E-state index is 13.6. The first-order valence-corrected chi connectivity index (χ1v) is 9.10. The minimum absolute atomic E-state index is 0.00364. The van der Waals surface area contributed by atoms with Crippen LogP contribution in [0.5, 0.6) is 0 Å². The molecule has 10 heteroatoms. The highest BCUT2D eigenvalue weighted by molar-refractivity contribution is 7.99. The smallest absolute Gasteiger partial charge is 0.316 e. The molecular weight excluding hydrogens is 399 g/mol. The summed E-state index contributed by atoms with van der Waals surface area (Å²) >= 11 is 7.27. The third-order valence-electron chi connectivity index (χ3n) is 3.23. The largest absolute Gasteiger partial charge is 0.455 e. The summed E-state index contributed by atoms with van der Waals surface area (Å²) in [6, 6.07) is 9.93. The van der Waals surface area contributed by atoms with Crippen LogP contribution in [0, 0.1) is 15.9 Å². The molecule has 0 spiro atoms. The predicted molar refractivity (Wildman–Crippen MR) is 100 cm³/mol. The Kier molecular flexibility index (Phi) is 7.56. The lowest BCUT2D eigenvalue weighted by Crippen LogP contribution is -2.22. The summed E-state index contributed by atoms with van der Waals surface area (Å²) in [5.74, 6) is -1.76. The molecule has 7 nitrogen and oxygen atoms in total. The van der Waals surface area contributed by atoms with Gasteiger partial charge in [-0.15, -0.1) is 11.8 Å². The van der Waals surface area contributed by atoms with Crippen LogP contribution in [0.25, 0.3) is 0 Å². The zero-order valence-corrected chi connectivity index (χ0v) is 15.4. The number of hydrogen-bond acceptors (Lipinski definition) is 6. The topological polar surface area (TPSA) is 98.5 Å². The van der Waals surface area contributed by atoms with E-state index in [1.54, 1.807) is 12.1 Å². The predicted octanol–water partition coefficient (Wildman–Crippen LogP) is 3.80. The number of nitro groups is 1. The van der Waals surface area contributed by atoms with Crippen LogP contribution in [-0.2, 0) is 20.1 Å². The van der Waals surface area contributed by atoms with Crippen molar-refractivity contribution in [3.8, 4) is 0 Å². The molecule has 0 aliphatic heterocycles. The molecule has 2 rings (SSSR count). The molecule has 0 aromatic heterocycles. The van der Waals surface area contributed by atoms with Crippen LogP contribution >= 0.6 is 23.4 Å². The molecule has 0 aliphatic carbocycles. The van der Waals surface area contributed by atoms with Crippen LogP contribution in [0.1, 0.15) is 5.56 Å². The highest BCUT2D eigenvalue weighted by Gasteiger charge is 2.14. The normalized spacial score (nSPS) is 10.3. The van der Waals surface area contributed by atoms with Crippen LogP contribution in [0.15, 0.2) is 42.5 Å². The number of carbonyl (C=O) groups excluding carboxylic acids is 2. The Hall–Kier alpha value is -2.65. The summed E-state index contributed by atoms with van der Waals surface area (Å²) in [4.78, 5) is 33.4. The van der Waals surface area contributed by atoms with Gasteiger partial charge in [-0.2, -0.15) is 0 Å². The van der Waals surface area contributed by atoms with Crippen LogP contribution in [0.2, 0.25) is 5.02 Å². The fourth-order valence-corrected chi connectivity index (χ4v) is 3.06. The Morgan fingerprint density at radius 3 is 2.70 bits per heavy atom. The number of esters is 1. The molecule has 0 fully saturated rings. The number of halogens is 2. The minimum atomic E-state index is -0.837. The molecule has 0 heterocycles. The van der Waals surface area contributed by atoms with Gasteiger partial charge in [-0.05, 0) is 17.7 Å². The number of benzene rings is 2. The van der Waals surface area contributed by atoms with Crippen LogP contribution in [0.3, 0.4) is 0 Å². The third kappa shape index (κ3) is 6.54. The number of ether oxygens (including phenoxy) is 1. The number of nitrogens with zero attached hydrogens (tertiary/aromatic N) is 1. The van der Waals surface area contributed by atoms with Gasteiger partial charge >= 0.3 is 5.97 Å². The third-order valence-corrected chi connectivity index (χ3v) is 4.56. The number of carbonyl (C=O) groups is 2. The SMILES string of the molecule is O=C(COC(=O)CSCc1ccccc1Cl)Nc1cc([N+](=O)[O-])ccc1F.